The summed E-state index contributed by atoms with van der Waals surface area (Å²) in [4.78, 5) is 0. The maximum absolute atomic E-state index is 5.32. The van der Waals surface area contributed by atoms with Gasteiger partial charge in [-0.2, -0.15) is 0 Å². The number of methoxy groups -OCH3 is 1. The largest absolute Gasteiger partial charge is 0.381 e. The highest BCUT2D eigenvalue weighted by molar-refractivity contribution is 4.73. The normalized spacial score (nSPS) is 30.5. The molecule has 1 fully saturated rings. The fourth-order valence-electron chi connectivity index (χ4n) is 1.92. The lowest BCUT2D eigenvalue weighted by molar-refractivity contribution is 0.0569. The molecule has 0 spiro atoms. The van der Waals surface area contributed by atoms with Gasteiger partial charge < -0.3 is 10.1 Å². The van der Waals surface area contributed by atoms with Crippen molar-refractivity contribution in [3.8, 4) is 0 Å². The van der Waals surface area contributed by atoms with Gasteiger partial charge in [-0.3, -0.25) is 0 Å². The molecule has 0 saturated heterocycles. The van der Waals surface area contributed by atoms with Crippen LogP contribution in [0.25, 0.3) is 0 Å². The highest BCUT2D eigenvalue weighted by Gasteiger charge is 2.19. The quantitative estimate of drug-likeness (QED) is 0.696. The Labute approximate surface area is 75.7 Å². The number of nitrogens with one attached hydrogen (secondary N) is 1. The summed E-state index contributed by atoms with van der Waals surface area (Å²) in [5.74, 6) is 0.899. The van der Waals surface area contributed by atoms with E-state index in [9.17, 15) is 0 Å². The molecule has 2 heteroatoms. The lowest BCUT2D eigenvalue weighted by Gasteiger charge is -2.27. The second kappa shape index (κ2) is 5.55. The molecule has 0 radical (unpaired) electrons. The minimum absolute atomic E-state index is 0.544. The van der Waals surface area contributed by atoms with Gasteiger partial charge in [0.25, 0.3) is 0 Å². The Hall–Kier alpha value is -0.0800. The summed E-state index contributed by atoms with van der Waals surface area (Å²) >= 11 is 0. The molecule has 1 rings (SSSR count). The van der Waals surface area contributed by atoms with E-state index in [4.69, 9.17) is 4.74 Å². The van der Waals surface area contributed by atoms with Crippen molar-refractivity contribution in [2.24, 2.45) is 5.92 Å². The summed E-state index contributed by atoms with van der Waals surface area (Å²) in [5.41, 5.74) is 0. The average molecular weight is 171 g/mol. The second-order valence-electron chi connectivity index (χ2n) is 3.69. The van der Waals surface area contributed by atoms with Gasteiger partial charge in [-0.25, -0.2) is 0 Å². The molecule has 0 aromatic carbocycles. The molecule has 0 bridgehead atoms. The van der Waals surface area contributed by atoms with Crippen molar-refractivity contribution in [2.45, 2.75) is 38.7 Å². The average Bonchev–Trinajstić information content (AvgIpc) is 2.15. The standard InChI is InChI=1S/C10H21NO/c1-3-11-8-9-4-6-10(12-2)7-5-9/h9-11H,3-8H2,1-2H3. The molecule has 72 valence electrons. The van der Waals surface area contributed by atoms with Gasteiger partial charge in [0.05, 0.1) is 6.10 Å². The summed E-state index contributed by atoms with van der Waals surface area (Å²) in [6.45, 7) is 4.47. The highest BCUT2D eigenvalue weighted by Crippen LogP contribution is 2.24. The van der Waals surface area contributed by atoms with Crippen LogP contribution in [0.15, 0.2) is 0 Å². The third-order valence-electron chi connectivity index (χ3n) is 2.81. The number of hydrogen-bond acceptors (Lipinski definition) is 2. The van der Waals surface area contributed by atoms with Crippen molar-refractivity contribution in [2.75, 3.05) is 20.2 Å². The van der Waals surface area contributed by atoms with E-state index in [0.717, 1.165) is 12.5 Å². The van der Waals surface area contributed by atoms with Crippen LogP contribution in [0.4, 0.5) is 0 Å². The van der Waals surface area contributed by atoms with Crippen molar-refractivity contribution in [3.05, 3.63) is 0 Å². The molecule has 1 aliphatic rings. The zero-order valence-electron chi connectivity index (χ0n) is 8.31. The van der Waals surface area contributed by atoms with Crippen LogP contribution in [-0.4, -0.2) is 26.3 Å². The van der Waals surface area contributed by atoms with E-state index in [1.807, 2.05) is 7.11 Å². The summed E-state index contributed by atoms with van der Waals surface area (Å²) in [7, 11) is 1.83. The Morgan fingerprint density at radius 1 is 1.25 bits per heavy atom. The molecule has 1 N–H and O–H groups in total. The zero-order chi connectivity index (χ0) is 8.81. The Morgan fingerprint density at radius 3 is 2.42 bits per heavy atom. The van der Waals surface area contributed by atoms with E-state index in [-0.39, 0.29) is 0 Å². The molecule has 2 nitrogen and oxygen atoms in total. The molecule has 0 aromatic heterocycles. The first-order valence-electron chi connectivity index (χ1n) is 5.10. The minimum Gasteiger partial charge on any atom is -0.381 e. The first-order valence-corrected chi connectivity index (χ1v) is 5.10. The van der Waals surface area contributed by atoms with E-state index in [2.05, 4.69) is 12.2 Å². The Balaban J connectivity index is 2.09. The number of rotatable bonds is 4. The highest BCUT2D eigenvalue weighted by atomic mass is 16.5. The van der Waals surface area contributed by atoms with Gasteiger partial charge in [0, 0.05) is 7.11 Å². The first kappa shape index (κ1) is 10.0. The Bertz CT molecular complexity index is 108. The summed E-state index contributed by atoms with van der Waals surface area (Å²) in [5, 5.41) is 3.41. The molecule has 12 heavy (non-hydrogen) atoms. The van der Waals surface area contributed by atoms with Gasteiger partial charge in [0.1, 0.15) is 0 Å². The monoisotopic (exact) mass is 171 g/mol. The van der Waals surface area contributed by atoms with Crippen molar-refractivity contribution in [1.82, 2.24) is 5.32 Å². The van der Waals surface area contributed by atoms with E-state index in [1.165, 1.54) is 32.2 Å². The predicted octanol–water partition coefficient (Wildman–Crippen LogP) is 1.80. The van der Waals surface area contributed by atoms with Crippen LogP contribution in [0.2, 0.25) is 0 Å². The molecule has 0 unspecified atom stereocenters. The molecule has 1 saturated carbocycles. The lowest BCUT2D eigenvalue weighted by Crippen LogP contribution is -2.28. The fraction of sp³-hybridized carbons (Fsp3) is 1.00. The van der Waals surface area contributed by atoms with Crippen LogP contribution in [0.3, 0.4) is 0 Å². The number of ether oxygens (including phenoxy) is 1. The molecule has 0 heterocycles. The van der Waals surface area contributed by atoms with Crippen LogP contribution in [-0.2, 0) is 4.74 Å². The molecule has 0 atom stereocenters. The SMILES string of the molecule is CCNCC1CCC(OC)CC1. The van der Waals surface area contributed by atoms with Crippen LogP contribution < -0.4 is 5.32 Å². The van der Waals surface area contributed by atoms with Crippen LogP contribution >= 0.6 is 0 Å². The van der Waals surface area contributed by atoms with E-state index >= 15 is 0 Å². The molecule has 1 aliphatic carbocycles. The van der Waals surface area contributed by atoms with E-state index in [0.29, 0.717) is 6.10 Å². The van der Waals surface area contributed by atoms with Gasteiger partial charge in [-0.15, -0.1) is 0 Å². The molecular formula is C10H21NO. The van der Waals surface area contributed by atoms with Crippen molar-refractivity contribution in [3.63, 3.8) is 0 Å². The van der Waals surface area contributed by atoms with E-state index < -0.39 is 0 Å². The lowest BCUT2D eigenvalue weighted by atomic mass is 9.87. The number of hydrogen-bond donors (Lipinski definition) is 1. The van der Waals surface area contributed by atoms with E-state index in [1.54, 1.807) is 0 Å². The summed E-state index contributed by atoms with van der Waals surface area (Å²) < 4.78 is 5.32. The van der Waals surface area contributed by atoms with Crippen LogP contribution in [0.5, 0.6) is 0 Å². The maximum atomic E-state index is 5.32. The maximum Gasteiger partial charge on any atom is 0.0571 e. The second-order valence-corrected chi connectivity index (χ2v) is 3.69. The van der Waals surface area contributed by atoms with Gasteiger partial charge in [0.15, 0.2) is 0 Å². The Kier molecular flexibility index (Phi) is 4.62. The third-order valence-corrected chi connectivity index (χ3v) is 2.81. The Morgan fingerprint density at radius 2 is 1.92 bits per heavy atom. The molecule has 0 aliphatic heterocycles. The van der Waals surface area contributed by atoms with Gasteiger partial charge in [0.2, 0.25) is 0 Å². The van der Waals surface area contributed by atoms with Crippen molar-refractivity contribution < 1.29 is 4.74 Å². The summed E-state index contributed by atoms with van der Waals surface area (Å²) in [6.07, 6.45) is 5.73. The fourth-order valence-corrected chi connectivity index (χ4v) is 1.92. The van der Waals surface area contributed by atoms with Gasteiger partial charge in [-0.05, 0) is 44.7 Å². The first-order chi connectivity index (χ1) is 5.86. The zero-order valence-corrected chi connectivity index (χ0v) is 8.31. The molecule has 0 aromatic rings. The predicted molar refractivity (Wildman–Crippen MR) is 51.3 cm³/mol. The summed E-state index contributed by atoms with van der Waals surface area (Å²) in [6, 6.07) is 0. The van der Waals surface area contributed by atoms with Crippen molar-refractivity contribution in [1.29, 1.82) is 0 Å². The van der Waals surface area contributed by atoms with Crippen molar-refractivity contribution >= 4 is 0 Å². The van der Waals surface area contributed by atoms with Crippen LogP contribution in [0, 0.1) is 5.92 Å². The van der Waals surface area contributed by atoms with Gasteiger partial charge >= 0.3 is 0 Å². The van der Waals surface area contributed by atoms with Crippen LogP contribution in [0.1, 0.15) is 32.6 Å². The third kappa shape index (κ3) is 3.11. The molecule has 0 amide bonds. The smallest absolute Gasteiger partial charge is 0.0571 e. The van der Waals surface area contributed by atoms with Gasteiger partial charge in [-0.1, -0.05) is 6.92 Å². The minimum atomic E-state index is 0.544. The molecular weight excluding hydrogens is 150 g/mol. The topological polar surface area (TPSA) is 21.3 Å².